The van der Waals surface area contributed by atoms with Crippen LogP contribution in [0, 0.1) is 6.92 Å². The zero-order valence-corrected chi connectivity index (χ0v) is 18.2. The summed E-state index contributed by atoms with van der Waals surface area (Å²) in [6.45, 7) is 5.73. The zero-order chi connectivity index (χ0) is 21.8. The first-order chi connectivity index (χ1) is 15.0. The molecule has 1 N–H and O–H groups in total. The number of aromatic nitrogens is 2. The molecule has 0 radical (unpaired) electrons. The summed E-state index contributed by atoms with van der Waals surface area (Å²) in [5.74, 6) is 1.03. The highest BCUT2D eigenvalue weighted by Crippen LogP contribution is 2.23. The van der Waals surface area contributed by atoms with Crippen LogP contribution in [0.2, 0.25) is 5.02 Å². The molecule has 31 heavy (non-hydrogen) atoms. The normalized spacial score (nSPS) is 14.7. The average molecular weight is 441 g/mol. The fourth-order valence-electron chi connectivity index (χ4n) is 3.65. The number of carbonyl (C=O) groups is 1. The van der Waals surface area contributed by atoms with E-state index in [-0.39, 0.29) is 17.2 Å². The summed E-state index contributed by atoms with van der Waals surface area (Å²) in [5, 5.41) is 14.5. The van der Waals surface area contributed by atoms with Gasteiger partial charge in [-0.1, -0.05) is 46.6 Å². The Morgan fingerprint density at radius 3 is 2.61 bits per heavy atom. The first-order valence-corrected chi connectivity index (χ1v) is 10.8. The number of amides is 1. The highest BCUT2D eigenvalue weighted by Gasteiger charge is 2.24. The van der Waals surface area contributed by atoms with E-state index < -0.39 is 0 Å². The van der Waals surface area contributed by atoms with E-state index in [1.807, 2.05) is 31.2 Å². The van der Waals surface area contributed by atoms with E-state index in [9.17, 15) is 9.90 Å². The molecule has 3 aromatic rings. The number of hydrogen-bond acceptors (Lipinski definition) is 6. The van der Waals surface area contributed by atoms with Gasteiger partial charge in [-0.25, -0.2) is 0 Å². The number of aromatic hydroxyl groups is 1. The van der Waals surface area contributed by atoms with Crippen LogP contribution in [-0.2, 0) is 6.42 Å². The maximum absolute atomic E-state index is 12.7. The van der Waals surface area contributed by atoms with Crippen molar-refractivity contribution in [1.29, 1.82) is 0 Å². The minimum Gasteiger partial charge on any atom is -0.507 e. The maximum Gasteiger partial charge on any atom is 0.257 e. The van der Waals surface area contributed by atoms with E-state index in [2.05, 4.69) is 15.0 Å². The lowest BCUT2D eigenvalue weighted by molar-refractivity contribution is 0.0632. The minimum absolute atomic E-state index is 0.0404. The summed E-state index contributed by atoms with van der Waals surface area (Å²) < 4.78 is 5.39. The van der Waals surface area contributed by atoms with Crippen molar-refractivity contribution in [3.8, 4) is 17.1 Å². The van der Waals surface area contributed by atoms with Crippen molar-refractivity contribution in [3.05, 3.63) is 64.5 Å². The third-order valence-electron chi connectivity index (χ3n) is 5.49. The van der Waals surface area contributed by atoms with E-state index in [4.69, 9.17) is 16.1 Å². The molecule has 162 valence electrons. The van der Waals surface area contributed by atoms with Gasteiger partial charge in [0.2, 0.25) is 11.7 Å². The Morgan fingerprint density at radius 2 is 1.87 bits per heavy atom. The van der Waals surface area contributed by atoms with Gasteiger partial charge in [-0.2, -0.15) is 4.98 Å². The van der Waals surface area contributed by atoms with E-state index >= 15 is 0 Å². The topological polar surface area (TPSA) is 82.7 Å². The van der Waals surface area contributed by atoms with Crippen molar-refractivity contribution in [2.45, 2.75) is 19.8 Å². The quantitative estimate of drug-likeness (QED) is 0.627. The van der Waals surface area contributed by atoms with Crippen LogP contribution in [0.15, 0.2) is 47.0 Å². The fraction of sp³-hybridized carbons (Fsp3) is 0.348. The molecule has 7 nitrogen and oxygen atoms in total. The summed E-state index contributed by atoms with van der Waals surface area (Å²) in [7, 11) is 0. The molecular weight excluding hydrogens is 416 g/mol. The van der Waals surface area contributed by atoms with Gasteiger partial charge in [0.25, 0.3) is 5.91 Å². The van der Waals surface area contributed by atoms with Crippen molar-refractivity contribution >= 4 is 17.5 Å². The second-order valence-corrected chi connectivity index (χ2v) is 8.21. The number of aryl methyl sites for hydroxylation is 2. The molecule has 0 aliphatic carbocycles. The molecule has 1 aromatic heterocycles. The molecule has 1 aliphatic rings. The van der Waals surface area contributed by atoms with Gasteiger partial charge in [0.1, 0.15) is 5.75 Å². The van der Waals surface area contributed by atoms with Gasteiger partial charge in [0.15, 0.2) is 0 Å². The SMILES string of the molecule is Cc1ccc(-c2noc(CCCN3CCN(C(=O)c4cc(Cl)ccc4O)CC3)n2)cc1. The molecule has 0 spiro atoms. The first-order valence-electron chi connectivity index (χ1n) is 10.4. The Labute approximate surface area is 186 Å². The van der Waals surface area contributed by atoms with Gasteiger partial charge in [0, 0.05) is 43.2 Å². The van der Waals surface area contributed by atoms with Gasteiger partial charge in [-0.3, -0.25) is 9.69 Å². The molecule has 1 saturated heterocycles. The predicted octanol–water partition coefficient (Wildman–Crippen LogP) is 3.79. The summed E-state index contributed by atoms with van der Waals surface area (Å²) in [4.78, 5) is 21.2. The second-order valence-electron chi connectivity index (χ2n) is 7.78. The Kier molecular flexibility index (Phi) is 6.53. The van der Waals surface area contributed by atoms with Crippen LogP contribution in [0.3, 0.4) is 0 Å². The molecule has 1 fully saturated rings. The largest absolute Gasteiger partial charge is 0.507 e. The van der Waals surface area contributed by atoms with E-state index in [0.717, 1.165) is 31.6 Å². The number of rotatable bonds is 6. The number of phenolic OH excluding ortho intramolecular Hbond substituents is 1. The number of piperazine rings is 1. The number of nitrogens with zero attached hydrogens (tertiary/aromatic N) is 4. The fourth-order valence-corrected chi connectivity index (χ4v) is 3.83. The summed E-state index contributed by atoms with van der Waals surface area (Å²) in [6.07, 6.45) is 1.62. The molecule has 0 saturated carbocycles. The van der Waals surface area contributed by atoms with Crippen LogP contribution in [0.4, 0.5) is 0 Å². The number of carbonyl (C=O) groups excluding carboxylic acids is 1. The molecule has 1 aliphatic heterocycles. The predicted molar refractivity (Wildman–Crippen MR) is 118 cm³/mol. The van der Waals surface area contributed by atoms with Crippen LogP contribution in [0.1, 0.15) is 28.2 Å². The Morgan fingerprint density at radius 1 is 1.13 bits per heavy atom. The van der Waals surface area contributed by atoms with Gasteiger partial charge < -0.3 is 14.5 Å². The average Bonchev–Trinajstić information content (AvgIpc) is 3.25. The van der Waals surface area contributed by atoms with Crippen molar-refractivity contribution in [1.82, 2.24) is 19.9 Å². The molecule has 0 unspecified atom stereocenters. The highest BCUT2D eigenvalue weighted by atomic mass is 35.5. The Balaban J connectivity index is 1.23. The lowest BCUT2D eigenvalue weighted by Gasteiger charge is -2.34. The second kappa shape index (κ2) is 9.49. The smallest absolute Gasteiger partial charge is 0.257 e. The van der Waals surface area contributed by atoms with Crippen molar-refractivity contribution in [3.63, 3.8) is 0 Å². The van der Waals surface area contributed by atoms with Gasteiger partial charge >= 0.3 is 0 Å². The molecule has 0 bridgehead atoms. The van der Waals surface area contributed by atoms with Crippen molar-refractivity contribution in [2.75, 3.05) is 32.7 Å². The lowest BCUT2D eigenvalue weighted by atomic mass is 10.1. The standard InChI is InChI=1S/C23H25ClN4O3/c1-16-4-6-17(7-5-16)22-25-21(31-26-22)3-2-10-27-11-13-28(14-12-27)23(30)19-15-18(24)8-9-20(19)29/h4-9,15,29H,2-3,10-14H2,1H3. The summed E-state index contributed by atoms with van der Waals surface area (Å²) in [6, 6.07) is 12.6. The number of phenols is 1. The number of halogens is 1. The molecule has 8 heteroatoms. The van der Waals surface area contributed by atoms with Crippen LogP contribution in [-0.4, -0.2) is 63.7 Å². The molecule has 4 rings (SSSR count). The molecular formula is C23H25ClN4O3. The van der Waals surface area contributed by atoms with E-state index in [1.54, 1.807) is 11.0 Å². The monoisotopic (exact) mass is 440 g/mol. The van der Waals surface area contributed by atoms with Gasteiger partial charge in [0.05, 0.1) is 5.56 Å². The third-order valence-corrected chi connectivity index (χ3v) is 5.73. The summed E-state index contributed by atoms with van der Waals surface area (Å²) >= 11 is 5.97. The van der Waals surface area contributed by atoms with Crippen LogP contribution in [0.25, 0.3) is 11.4 Å². The highest BCUT2D eigenvalue weighted by molar-refractivity contribution is 6.31. The van der Waals surface area contributed by atoms with Gasteiger partial charge in [-0.05, 0) is 38.1 Å². The van der Waals surface area contributed by atoms with Crippen LogP contribution in [0.5, 0.6) is 5.75 Å². The lowest BCUT2D eigenvalue weighted by Crippen LogP contribution is -2.48. The Bertz CT molecular complexity index is 1040. The zero-order valence-electron chi connectivity index (χ0n) is 17.4. The molecule has 2 heterocycles. The minimum atomic E-state index is -0.186. The van der Waals surface area contributed by atoms with E-state index in [0.29, 0.717) is 36.2 Å². The number of hydrogen-bond donors (Lipinski definition) is 1. The van der Waals surface area contributed by atoms with Gasteiger partial charge in [-0.15, -0.1) is 0 Å². The van der Waals surface area contributed by atoms with Crippen LogP contribution < -0.4 is 0 Å². The molecule has 1 amide bonds. The first kappa shape index (κ1) is 21.3. The maximum atomic E-state index is 12.7. The van der Waals surface area contributed by atoms with Crippen LogP contribution >= 0.6 is 11.6 Å². The van der Waals surface area contributed by atoms with Crippen molar-refractivity contribution in [2.24, 2.45) is 0 Å². The Hall–Kier alpha value is -2.90. The summed E-state index contributed by atoms with van der Waals surface area (Å²) in [5.41, 5.74) is 2.40. The molecule has 0 atom stereocenters. The van der Waals surface area contributed by atoms with E-state index in [1.165, 1.54) is 17.7 Å². The van der Waals surface area contributed by atoms with Crippen molar-refractivity contribution < 1.29 is 14.4 Å². The third kappa shape index (κ3) is 5.24. The molecule has 2 aromatic carbocycles. The number of benzene rings is 2.